The molecule has 2 amide bonds. The van der Waals surface area contributed by atoms with Gasteiger partial charge < -0.3 is 24.4 Å². The van der Waals surface area contributed by atoms with Crippen LogP contribution in [0.4, 0.5) is 5.69 Å². The zero-order chi connectivity index (χ0) is 34.0. The first-order chi connectivity index (χ1) is 22.6. The lowest BCUT2D eigenvalue weighted by Crippen LogP contribution is -2.53. The number of hydrogen-bond donors (Lipinski definition) is 1. The van der Waals surface area contributed by atoms with E-state index in [1.807, 2.05) is 37.3 Å². The van der Waals surface area contributed by atoms with Crippen molar-refractivity contribution < 1.29 is 33.4 Å². The number of anilines is 1. The van der Waals surface area contributed by atoms with Crippen LogP contribution in [0.3, 0.4) is 0 Å². The Bertz CT molecular complexity index is 1560. The molecule has 1 aliphatic heterocycles. The molecule has 0 saturated carbocycles. The van der Waals surface area contributed by atoms with Crippen LogP contribution in [0.5, 0.6) is 11.5 Å². The molecule has 1 aromatic heterocycles. The highest BCUT2D eigenvalue weighted by Gasteiger charge is 2.41. The fourth-order valence-corrected chi connectivity index (χ4v) is 5.54. The lowest BCUT2D eigenvalue weighted by atomic mass is 9.84. The summed E-state index contributed by atoms with van der Waals surface area (Å²) < 4.78 is 17.1. The lowest BCUT2D eigenvalue weighted by Gasteiger charge is -2.36. The van der Waals surface area contributed by atoms with E-state index in [1.54, 1.807) is 64.6 Å². The van der Waals surface area contributed by atoms with Crippen molar-refractivity contribution in [1.82, 2.24) is 9.88 Å². The van der Waals surface area contributed by atoms with Gasteiger partial charge in [-0.15, -0.1) is 0 Å². The summed E-state index contributed by atoms with van der Waals surface area (Å²) in [5, 5.41) is 2.92. The molecule has 2 aromatic carbocycles. The van der Waals surface area contributed by atoms with Gasteiger partial charge in [0.15, 0.2) is 11.5 Å². The lowest BCUT2D eigenvalue weighted by molar-refractivity contribution is -0.164. The van der Waals surface area contributed by atoms with Crippen molar-refractivity contribution in [1.29, 1.82) is 0 Å². The van der Waals surface area contributed by atoms with Gasteiger partial charge in [0, 0.05) is 29.5 Å². The number of Topliss-reactive ketones (excluding diaryl/α,β-unsaturated/α-hetero) is 1. The standard InChI is InChI=1S/C37H45N3O7/c1-6-37(2,3)34(42)35(43)40-21-10-8-15-29(40)36(44)47-30(18-16-25-17-19-31(45-4)32(22-25)46-5)26-12-11-14-28(23-26)39-33(41)24-27-13-7-9-20-38-27/h7,9,11-14,17,19-20,22-23,29-30H,6,8,10,15-16,18,21,24H2,1-5H3,(H,39,41)/t29-,30+/m0/s1. The smallest absolute Gasteiger partial charge is 0.329 e. The van der Waals surface area contributed by atoms with Gasteiger partial charge in [-0.2, -0.15) is 0 Å². The Kier molecular flexibility index (Phi) is 12.1. The number of benzene rings is 2. The predicted molar refractivity (Wildman–Crippen MR) is 178 cm³/mol. The second kappa shape index (κ2) is 16.2. The third kappa shape index (κ3) is 9.18. The summed E-state index contributed by atoms with van der Waals surface area (Å²) >= 11 is 0. The van der Waals surface area contributed by atoms with Crippen molar-refractivity contribution in [3.63, 3.8) is 0 Å². The minimum atomic E-state index is -0.863. The Morgan fingerprint density at radius 3 is 2.47 bits per heavy atom. The third-order valence-corrected chi connectivity index (χ3v) is 8.74. The number of carbonyl (C=O) groups is 4. The van der Waals surface area contributed by atoms with Crippen molar-refractivity contribution >= 4 is 29.3 Å². The topological polar surface area (TPSA) is 124 Å². The van der Waals surface area contributed by atoms with Gasteiger partial charge in [0.25, 0.3) is 5.91 Å². The van der Waals surface area contributed by atoms with E-state index in [1.165, 1.54) is 4.90 Å². The molecule has 0 radical (unpaired) electrons. The van der Waals surface area contributed by atoms with E-state index < -0.39 is 35.2 Å². The Labute approximate surface area is 276 Å². The van der Waals surface area contributed by atoms with Crippen LogP contribution < -0.4 is 14.8 Å². The van der Waals surface area contributed by atoms with Crippen LogP contribution in [-0.2, 0) is 36.8 Å². The van der Waals surface area contributed by atoms with E-state index in [9.17, 15) is 19.2 Å². The number of ether oxygens (including phenoxy) is 3. The normalized spacial score (nSPS) is 15.3. The largest absolute Gasteiger partial charge is 0.493 e. The van der Waals surface area contributed by atoms with E-state index in [0.717, 1.165) is 12.0 Å². The summed E-state index contributed by atoms with van der Waals surface area (Å²) in [6.45, 7) is 5.68. The summed E-state index contributed by atoms with van der Waals surface area (Å²) in [5.74, 6) is -0.724. The number of amides is 2. The maximum Gasteiger partial charge on any atom is 0.329 e. The Balaban J connectivity index is 1.57. The van der Waals surface area contributed by atoms with Gasteiger partial charge in [0.05, 0.1) is 20.6 Å². The highest BCUT2D eigenvalue weighted by Crippen LogP contribution is 2.32. The minimum absolute atomic E-state index is 0.113. The molecular formula is C37H45N3O7. The zero-order valence-corrected chi connectivity index (χ0v) is 27.9. The maximum absolute atomic E-state index is 13.9. The molecule has 3 aromatic rings. The molecule has 2 atom stereocenters. The van der Waals surface area contributed by atoms with E-state index >= 15 is 0 Å². The zero-order valence-electron chi connectivity index (χ0n) is 27.9. The van der Waals surface area contributed by atoms with E-state index in [2.05, 4.69) is 10.3 Å². The quantitative estimate of drug-likeness (QED) is 0.171. The van der Waals surface area contributed by atoms with Crippen molar-refractivity contribution in [2.24, 2.45) is 5.41 Å². The number of aryl methyl sites for hydroxylation is 1. The van der Waals surface area contributed by atoms with E-state index in [4.69, 9.17) is 14.2 Å². The Morgan fingerprint density at radius 1 is 0.979 bits per heavy atom. The van der Waals surface area contributed by atoms with Crippen LogP contribution in [0, 0.1) is 5.41 Å². The monoisotopic (exact) mass is 643 g/mol. The average Bonchev–Trinajstić information content (AvgIpc) is 3.09. The van der Waals surface area contributed by atoms with Gasteiger partial charge in [-0.05, 0) is 86.1 Å². The summed E-state index contributed by atoms with van der Waals surface area (Å²) in [4.78, 5) is 58.8. The number of carbonyl (C=O) groups excluding carboxylic acids is 4. The number of aromatic nitrogens is 1. The molecule has 10 heteroatoms. The third-order valence-electron chi connectivity index (χ3n) is 8.74. The highest BCUT2D eigenvalue weighted by atomic mass is 16.5. The number of methoxy groups -OCH3 is 2. The molecule has 0 unspecified atom stereocenters. The SMILES string of the molecule is CCC(C)(C)C(=O)C(=O)N1CCCC[C@H]1C(=O)O[C@H](CCc1ccc(OC)c(OC)c1)c1cccc(NC(=O)Cc2ccccn2)c1. The van der Waals surface area contributed by atoms with Gasteiger partial charge in [-0.1, -0.05) is 45.0 Å². The van der Waals surface area contributed by atoms with Crippen LogP contribution in [0.2, 0.25) is 0 Å². The van der Waals surface area contributed by atoms with E-state index in [-0.39, 0.29) is 12.3 Å². The summed E-state index contributed by atoms with van der Waals surface area (Å²) in [7, 11) is 3.15. The van der Waals surface area contributed by atoms with Crippen molar-refractivity contribution in [3.8, 4) is 11.5 Å². The molecule has 4 rings (SSSR count). The first-order valence-electron chi connectivity index (χ1n) is 16.1. The van der Waals surface area contributed by atoms with Gasteiger partial charge in [-0.25, -0.2) is 4.79 Å². The number of rotatable bonds is 14. The van der Waals surface area contributed by atoms with Gasteiger partial charge in [0.2, 0.25) is 11.7 Å². The predicted octanol–water partition coefficient (Wildman–Crippen LogP) is 5.88. The van der Waals surface area contributed by atoms with Gasteiger partial charge >= 0.3 is 5.97 Å². The molecule has 0 spiro atoms. The molecule has 47 heavy (non-hydrogen) atoms. The molecule has 250 valence electrons. The molecule has 1 fully saturated rings. The first kappa shape index (κ1) is 35.1. The van der Waals surface area contributed by atoms with Crippen molar-refractivity contribution in [2.45, 2.75) is 77.9 Å². The number of nitrogens with one attached hydrogen (secondary N) is 1. The Hall–Kier alpha value is -4.73. The maximum atomic E-state index is 13.9. The van der Waals surface area contributed by atoms with Crippen LogP contribution in [-0.4, -0.2) is 60.3 Å². The van der Waals surface area contributed by atoms with Crippen LogP contribution in [0.15, 0.2) is 66.9 Å². The summed E-state index contributed by atoms with van der Waals surface area (Å²) in [6, 6.07) is 17.4. The molecule has 0 aliphatic carbocycles. The van der Waals surface area contributed by atoms with Crippen LogP contribution >= 0.6 is 0 Å². The fraction of sp³-hybridized carbons (Fsp3) is 0.432. The average molecular weight is 644 g/mol. The second-order valence-corrected chi connectivity index (χ2v) is 12.4. The van der Waals surface area contributed by atoms with Crippen molar-refractivity contribution in [3.05, 3.63) is 83.7 Å². The number of likely N-dealkylation sites (tertiary alicyclic amines) is 1. The molecular weight excluding hydrogens is 598 g/mol. The van der Waals surface area contributed by atoms with Gasteiger partial charge in [0.1, 0.15) is 12.1 Å². The number of nitrogens with zero attached hydrogens (tertiary/aromatic N) is 2. The fourth-order valence-electron chi connectivity index (χ4n) is 5.54. The number of piperidine rings is 1. The molecule has 10 nitrogen and oxygen atoms in total. The number of pyridine rings is 1. The van der Waals surface area contributed by atoms with Crippen LogP contribution in [0.1, 0.15) is 75.8 Å². The summed E-state index contributed by atoms with van der Waals surface area (Å²) in [6.07, 6.45) is 4.36. The molecule has 1 aliphatic rings. The van der Waals surface area contributed by atoms with Crippen LogP contribution in [0.25, 0.3) is 0 Å². The van der Waals surface area contributed by atoms with Crippen molar-refractivity contribution in [2.75, 3.05) is 26.1 Å². The highest BCUT2D eigenvalue weighted by molar-refractivity contribution is 6.38. The second-order valence-electron chi connectivity index (χ2n) is 12.4. The first-order valence-corrected chi connectivity index (χ1v) is 16.1. The molecule has 0 bridgehead atoms. The molecule has 1 saturated heterocycles. The number of esters is 1. The summed E-state index contributed by atoms with van der Waals surface area (Å²) in [5.41, 5.74) is 2.01. The van der Waals surface area contributed by atoms with Gasteiger partial charge in [-0.3, -0.25) is 19.4 Å². The molecule has 1 N–H and O–H groups in total. The molecule has 2 heterocycles. The minimum Gasteiger partial charge on any atom is -0.493 e. The number of hydrogen-bond acceptors (Lipinski definition) is 8. The Morgan fingerprint density at radius 2 is 1.77 bits per heavy atom. The van der Waals surface area contributed by atoms with E-state index in [0.29, 0.717) is 67.1 Å². The number of ketones is 1.